The number of hydrogen-bond donors (Lipinski definition) is 2. The summed E-state index contributed by atoms with van der Waals surface area (Å²) in [6.45, 7) is 4.89. The third-order valence-electron chi connectivity index (χ3n) is 5.44. The van der Waals surface area contributed by atoms with Gasteiger partial charge < -0.3 is 9.84 Å². The molecule has 0 fully saturated rings. The number of aliphatic hydroxyl groups excluding tert-OH is 1. The Kier molecular flexibility index (Phi) is 8.26. The Morgan fingerprint density at radius 2 is 2.00 bits per heavy atom. The van der Waals surface area contributed by atoms with Crippen molar-refractivity contribution >= 4 is 18.6 Å². The van der Waals surface area contributed by atoms with E-state index in [1.54, 1.807) is 4.68 Å². The summed E-state index contributed by atoms with van der Waals surface area (Å²) in [7, 11) is 0. The molecule has 0 saturated carbocycles. The number of nitrogens with zero attached hydrogens (tertiary/aromatic N) is 3. The smallest absolute Gasteiger partial charge is 0.319 e. The molecule has 0 bridgehead atoms. The van der Waals surface area contributed by atoms with Crippen molar-refractivity contribution in [3.05, 3.63) is 82.7 Å². The summed E-state index contributed by atoms with van der Waals surface area (Å²) < 4.78 is 7.33. The van der Waals surface area contributed by atoms with Gasteiger partial charge in [-0.1, -0.05) is 53.7 Å². The van der Waals surface area contributed by atoms with E-state index in [9.17, 15) is 9.90 Å². The number of thiol groups is 1. The summed E-state index contributed by atoms with van der Waals surface area (Å²) in [5.41, 5.74) is 4.62. The summed E-state index contributed by atoms with van der Waals surface area (Å²) in [4.78, 5) is 12.8. The van der Waals surface area contributed by atoms with Crippen molar-refractivity contribution in [2.24, 2.45) is 0 Å². The van der Waals surface area contributed by atoms with E-state index in [4.69, 9.17) is 4.74 Å². The van der Waals surface area contributed by atoms with E-state index in [0.29, 0.717) is 12.8 Å². The first kappa shape index (κ1) is 23.0. The van der Waals surface area contributed by atoms with Crippen LogP contribution in [0.4, 0.5) is 0 Å². The number of hydrogen-bond acceptors (Lipinski definition) is 6. The average molecular weight is 440 g/mol. The number of aliphatic hydroxyl groups is 1. The molecule has 0 spiro atoms. The number of benzene rings is 2. The molecule has 6 nitrogen and oxygen atoms in total. The molecule has 31 heavy (non-hydrogen) atoms. The van der Waals surface area contributed by atoms with Gasteiger partial charge in [-0.15, -0.1) is 5.10 Å². The molecule has 2 aromatic carbocycles. The quantitative estimate of drug-likeness (QED) is 0.371. The van der Waals surface area contributed by atoms with Crippen LogP contribution in [0, 0.1) is 6.92 Å². The van der Waals surface area contributed by atoms with Crippen LogP contribution in [0.3, 0.4) is 0 Å². The lowest BCUT2D eigenvalue weighted by Gasteiger charge is -2.23. The van der Waals surface area contributed by atoms with Crippen LogP contribution in [0.2, 0.25) is 0 Å². The van der Waals surface area contributed by atoms with Crippen molar-refractivity contribution in [1.82, 2.24) is 15.0 Å². The largest absolute Gasteiger partial charge is 0.460 e. The van der Waals surface area contributed by atoms with Gasteiger partial charge in [0, 0.05) is 18.7 Å². The van der Waals surface area contributed by atoms with Crippen molar-refractivity contribution < 1.29 is 14.6 Å². The number of aryl methyl sites for hydroxylation is 3. The van der Waals surface area contributed by atoms with Crippen LogP contribution >= 0.6 is 12.6 Å². The maximum atomic E-state index is 12.8. The topological polar surface area (TPSA) is 77.2 Å². The Morgan fingerprint density at radius 3 is 2.68 bits per heavy atom. The molecule has 2 atom stereocenters. The summed E-state index contributed by atoms with van der Waals surface area (Å²) in [6.07, 6.45) is 3.24. The Bertz CT molecular complexity index is 991. The van der Waals surface area contributed by atoms with Crippen molar-refractivity contribution in [2.45, 2.75) is 57.6 Å². The van der Waals surface area contributed by atoms with Crippen LogP contribution in [-0.4, -0.2) is 31.3 Å². The van der Waals surface area contributed by atoms with E-state index in [1.165, 1.54) is 0 Å². The summed E-state index contributed by atoms with van der Waals surface area (Å²) in [5, 5.41) is 17.4. The normalized spacial score (nSPS) is 13.0. The van der Waals surface area contributed by atoms with E-state index in [2.05, 4.69) is 22.9 Å². The maximum absolute atomic E-state index is 12.8. The fourth-order valence-corrected chi connectivity index (χ4v) is 3.88. The molecule has 2 unspecified atom stereocenters. The van der Waals surface area contributed by atoms with Gasteiger partial charge >= 0.3 is 5.97 Å². The SMILES string of the molecule is CCn1cc(CCC(c2ccc(C)c(CO)c2)C(S)C(=O)OCc2ccccc2)nn1. The van der Waals surface area contributed by atoms with Crippen LogP contribution in [0.5, 0.6) is 0 Å². The molecule has 0 aliphatic carbocycles. The van der Waals surface area contributed by atoms with Crippen LogP contribution in [0.1, 0.15) is 47.2 Å². The molecule has 1 aromatic heterocycles. The number of esters is 1. The number of carbonyl (C=O) groups excluding carboxylic acids is 1. The van der Waals surface area contributed by atoms with Gasteiger partial charge in [0.15, 0.2) is 0 Å². The van der Waals surface area contributed by atoms with Crippen molar-refractivity contribution in [2.75, 3.05) is 0 Å². The minimum atomic E-state index is -0.640. The van der Waals surface area contributed by atoms with Crippen molar-refractivity contribution in [1.29, 1.82) is 0 Å². The van der Waals surface area contributed by atoms with E-state index < -0.39 is 5.25 Å². The highest BCUT2D eigenvalue weighted by atomic mass is 32.1. The minimum Gasteiger partial charge on any atom is -0.460 e. The average Bonchev–Trinajstić information content (AvgIpc) is 3.27. The molecule has 7 heteroatoms. The second kappa shape index (κ2) is 11.1. The summed E-state index contributed by atoms with van der Waals surface area (Å²) >= 11 is 4.66. The Hall–Kier alpha value is -2.64. The highest BCUT2D eigenvalue weighted by molar-refractivity contribution is 7.81. The molecule has 1 heterocycles. The highest BCUT2D eigenvalue weighted by Gasteiger charge is 2.28. The first-order chi connectivity index (χ1) is 15.0. The zero-order valence-electron chi connectivity index (χ0n) is 17.9. The highest BCUT2D eigenvalue weighted by Crippen LogP contribution is 2.31. The van der Waals surface area contributed by atoms with E-state index in [0.717, 1.165) is 34.5 Å². The Balaban J connectivity index is 1.77. The van der Waals surface area contributed by atoms with E-state index >= 15 is 0 Å². The zero-order chi connectivity index (χ0) is 22.2. The number of rotatable bonds is 10. The second-order valence-electron chi connectivity index (χ2n) is 7.59. The molecule has 164 valence electrons. The van der Waals surface area contributed by atoms with Gasteiger partial charge in [-0.2, -0.15) is 12.6 Å². The van der Waals surface area contributed by atoms with Gasteiger partial charge in [-0.05, 0) is 48.9 Å². The minimum absolute atomic E-state index is 0.0487. The fourth-order valence-electron chi connectivity index (χ4n) is 3.49. The molecule has 0 saturated heterocycles. The van der Waals surface area contributed by atoms with E-state index in [1.807, 2.05) is 68.6 Å². The summed E-state index contributed by atoms with van der Waals surface area (Å²) in [5.74, 6) is -0.551. The van der Waals surface area contributed by atoms with E-state index in [-0.39, 0.29) is 25.1 Å². The molecule has 3 rings (SSSR count). The third-order valence-corrected chi connectivity index (χ3v) is 6.01. The van der Waals surface area contributed by atoms with Crippen LogP contribution in [0.15, 0.2) is 54.7 Å². The molecule has 0 aliphatic rings. The van der Waals surface area contributed by atoms with Crippen molar-refractivity contribution in [3.8, 4) is 0 Å². The lowest BCUT2D eigenvalue weighted by Crippen LogP contribution is -2.26. The summed E-state index contributed by atoms with van der Waals surface area (Å²) in [6, 6.07) is 15.5. The molecular weight excluding hydrogens is 410 g/mol. The third kappa shape index (κ3) is 6.18. The molecule has 0 radical (unpaired) electrons. The predicted molar refractivity (Wildman–Crippen MR) is 123 cm³/mol. The second-order valence-corrected chi connectivity index (χ2v) is 8.15. The predicted octanol–water partition coefficient (Wildman–Crippen LogP) is 3.86. The molecule has 0 aliphatic heterocycles. The Labute approximate surface area is 188 Å². The van der Waals surface area contributed by atoms with Gasteiger partial charge in [-0.25, -0.2) is 0 Å². The van der Waals surface area contributed by atoms with Gasteiger partial charge in [0.2, 0.25) is 0 Å². The van der Waals surface area contributed by atoms with Crippen LogP contribution in [0.25, 0.3) is 0 Å². The van der Waals surface area contributed by atoms with Crippen molar-refractivity contribution in [3.63, 3.8) is 0 Å². The van der Waals surface area contributed by atoms with Gasteiger partial charge in [0.1, 0.15) is 11.9 Å². The lowest BCUT2D eigenvalue weighted by atomic mass is 9.88. The molecular formula is C24H29N3O3S. The monoisotopic (exact) mass is 439 g/mol. The number of ether oxygens (including phenoxy) is 1. The van der Waals surface area contributed by atoms with Gasteiger partial charge in [-0.3, -0.25) is 9.48 Å². The first-order valence-electron chi connectivity index (χ1n) is 10.5. The standard InChI is InChI=1S/C24H29N3O3S/c1-3-27-14-21(25-26-27)11-12-22(19-10-9-17(2)20(13-19)15-28)23(31)24(29)30-16-18-7-5-4-6-8-18/h4-10,13-14,22-23,28,31H,3,11-12,15-16H2,1-2H3. The first-order valence-corrected chi connectivity index (χ1v) is 11.0. The fraction of sp³-hybridized carbons (Fsp3) is 0.375. The Morgan fingerprint density at radius 1 is 1.23 bits per heavy atom. The van der Waals surface area contributed by atoms with Gasteiger partial charge in [0.25, 0.3) is 0 Å². The number of aromatic nitrogens is 3. The van der Waals surface area contributed by atoms with Gasteiger partial charge in [0.05, 0.1) is 12.3 Å². The maximum Gasteiger partial charge on any atom is 0.319 e. The molecule has 3 aromatic rings. The lowest BCUT2D eigenvalue weighted by molar-refractivity contribution is -0.144. The zero-order valence-corrected chi connectivity index (χ0v) is 18.8. The molecule has 0 amide bonds. The number of carbonyl (C=O) groups is 1. The van der Waals surface area contributed by atoms with Crippen LogP contribution in [-0.2, 0) is 35.7 Å². The van der Waals surface area contributed by atoms with Crippen LogP contribution < -0.4 is 0 Å². The molecule has 1 N–H and O–H groups in total.